The van der Waals surface area contributed by atoms with E-state index in [1.54, 1.807) is 5.51 Å². The quantitative estimate of drug-likeness (QED) is 0.740. The average Bonchev–Trinajstić information content (AvgIpc) is 2.62. The van der Waals surface area contributed by atoms with Crippen molar-refractivity contribution in [1.82, 2.24) is 10.2 Å². The van der Waals surface area contributed by atoms with Crippen LogP contribution in [0.25, 0.3) is 0 Å². The fourth-order valence-corrected chi connectivity index (χ4v) is 1.23. The molecule has 0 aliphatic carbocycles. The maximum absolute atomic E-state index is 12.5. The first-order valence-electron chi connectivity index (χ1n) is 3.54. The molecule has 0 aliphatic rings. The van der Waals surface area contributed by atoms with Crippen LogP contribution in [-0.4, -0.2) is 10.2 Å². The van der Waals surface area contributed by atoms with E-state index in [1.165, 1.54) is 35.6 Å². The van der Waals surface area contributed by atoms with E-state index in [0.29, 0.717) is 10.9 Å². The van der Waals surface area contributed by atoms with Crippen LogP contribution < -0.4 is 4.74 Å². The Bertz CT molecular complexity index is 374. The summed E-state index contributed by atoms with van der Waals surface area (Å²) in [4.78, 5) is 0. The molecule has 0 bridgehead atoms. The molecular formula is C8H5FN2OS. The highest BCUT2D eigenvalue weighted by Gasteiger charge is 1.99. The zero-order chi connectivity index (χ0) is 9.10. The Hall–Kier alpha value is -1.49. The molecule has 0 atom stereocenters. The number of halogens is 1. The van der Waals surface area contributed by atoms with E-state index in [1.807, 2.05) is 0 Å². The molecule has 13 heavy (non-hydrogen) atoms. The Morgan fingerprint density at radius 1 is 1.23 bits per heavy atom. The minimum atomic E-state index is -0.287. The summed E-state index contributed by atoms with van der Waals surface area (Å²) in [7, 11) is 0. The lowest BCUT2D eigenvalue weighted by Gasteiger charge is -1.98. The molecule has 0 N–H and O–H groups in total. The average molecular weight is 196 g/mol. The first-order valence-corrected chi connectivity index (χ1v) is 4.42. The fraction of sp³-hybridized carbons (Fsp3) is 0. The minimum Gasteiger partial charge on any atom is -0.430 e. The molecule has 2 aromatic rings. The topological polar surface area (TPSA) is 35.0 Å². The van der Waals surface area contributed by atoms with Crippen molar-refractivity contribution >= 4 is 11.3 Å². The lowest BCUT2D eigenvalue weighted by Crippen LogP contribution is -1.83. The summed E-state index contributed by atoms with van der Waals surface area (Å²) in [5, 5.41) is 7.74. The van der Waals surface area contributed by atoms with Crippen LogP contribution in [0.1, 0.15) is 0 Å². The van der Waals surface area contributed by atoms with Gasteiger partial charge in [-0.15, -0.1) is 5.10 Å². The third-order valence-electron chi connectivity index (χ3n) is 1.36. The summed E-state index contributed by atoms with van der Waals surface area (Å²) in [6.45, 7) is 0. The molecule has 3 nitrogen and oxygen atoms in total. The second-order valence-corrected chi connectivity index (χ2v) is 3.06. The number of benzene rings is 1. The highest BCUT2D eigenvalue weighted by atomic mass is 32.1. The number of aromatic nitrogens is 2. The predicted octanol–water partition coefficient (Wildman–Crippen LogP) is 2.47. The van der Waals surface area contributed by atoms with Crippen LogP contribution >= 0.6 is 11.3 Å². The van der Waals surface area contributed by atoms with Crippen LogP contribution in [0.3, 0.4) is 0 Å². The molecule has 0 amide bonds. The maximum Gasteiger partial charge on any atom is 0.299 e. The number of ether oxygens (including phenoxy) is 1. The monoisotopic (exact) mass is 196 g/mol. The molecule has 5 heteroatoms. The van der Waals surface area contributed by atoms with E-state index in [4.69, 9.17) is 4.74 Å². The van der Waals surface area contributed by atoms with Crippen molar-refractivity contribution in [2.45, 2.75) is 0 Å². The Kier molecular flexibility index (Phi) is 2.18. The summed E-state index contributed by atoms with van der Waals surface area (Å²) in [5.41, 5.74) is 1.57. The number of nitrogens with zero attached hydrogens (tertiary/aromatic N) is 2. The Morgan fingerprint density at radius 2 is 2.00 bits per heavy atom. The predicted molar refractivity (Wildman–Crippen MR) is 46.4 cm³/mol. The zero-order valence-corrected chi connectivity index (χ0v) is 7.29. The van der Waals surface area contributed by atoms with Gasteiger partial charge in [0.15, 0.2) is 0 Å². The van der Waals surface area contributed by atoms with Gasteiger partial charge in [0.05, 0.1) is 0 Å². The van der Waals surface area contributed by atoms with Crippen LogP contribution in [0.5, 0.6) is 10.9 Å². The molecule has 0 saturated carbocycles. The van der Waals surface area contributed by atoms with Gasteiger partial charge in [0, 0.05) is 0 Å². The largest absolute Gasteiger partial charge is 0.430 e. The standard InChI is InChI=1S/C8H5FN2OS/c9-6-1-3-7(4-2-6)12-8-11-10-5-13-8/h1-5H. The molecule has 1 heterocycles. The van der Waals surface area contributed by atoms with Crippen LogP contribution in [0.15, 0.2) is 29.8 Å². The second-order valence-electron chi connectivity index (χ2n) is 2.26. The van der Waals surface area contributed by atoms with Crippen molar-refractivity contribution in [3.05, 3.63) is 35.6 Å². The molecule has 0 unspecified atom stereocenters. The van der Waals surface area contributed by atoms with Gasteiger partial charge >= 0.3 is 0 Å². The summed E-state index contributed by atoms with van der Waals surface area (Å²) in [5.74, 6) is 0.266. The second kappa shape index (κ2) is 3.49. The van der Waals surface area contributed by atoms with Gasteiger partial charge in [-0.1, -0.05) is 16.4 Å². The van der Waals surface area contributed by atoms with Gasteiger partial charge in [-0.05, 0) is 24.3 Å². The highest BCUT2D eigenvalue weighted by Crippen LogP contribution is 2.21. The Labute approximate surface area is 77.8 Å². The molecule has 2 rings (SSSR count). The van der Waals surface area contributed by atoms with Crippen molar-refractivity contribution in [2.75, 3.05) is 0 Å². The van der Waals surface area contributed by atoms with E-state index in [0.717, 1.165) is 0 Å². The summed E-state index contributed by atoms with van der Waals surface area (Å²) >= 11 is 1.28. The zero-order valence-electron chi connectivity index (χ0n) is 6.48. The maximum atomic E-state index is 12.5. The third kappa shape index (κ3) is 2.00. The van der Waals surface area contributed by atoms with E-state index in [-0.39, 0.29) is 5.82 Å². The molecule has 66 valence electrons. The summed E-state index contributed by atoms with van der Waals surface area (Å²) in [6.07, 6.45) is 0. The number of hydrogen-bond acceptors (Lipinski definition) is 4. The van der Waals surface area contributed by atoms with Crippen molar-refractivity contribution in [3.63, 3.8) is 0 Å². The van der Waals surface area contributed by atoms with Crippen LogP contribution in [0.2, 0.25) is 0 Å². The first kappa shape index (κ1) is 8.12. The van der Waals surface area contributed by atoms with Gasteiger partial charge in [0.25, 0.3) is 5.19 Å². The van der Waals surface area contributed by atoms with Gasteiger partial charge in [0.1, 0.15) is 17.1 Å². The van der Waals surface area contributed by atoms with Crippen LogP contribution in [0, 0.1) is 5.82 Å². The van der Waals surface area contributed by atoms with Gasteiger partial charge in [0.2, 0.25) is 0 Å². The van der Waals surface area contributed by atoms with Crippen molar-refractivity contribution in [2.24, 2.45) is 0 Å². The van der Waals surface area contributed by atoms with E-state index >= 15 is 0 Å². The van der Waals surface area contributed by atoms with Gasteiger partial charge < -0.3 is 4.74 Å². The van der Waals surface area contributed by atoms with Gasteiger partial charge in [-0.2, -0.15) is 0 Å². The van der Waals surface area contributed by atoms with E-state index < -0.39 is 0 Å². The lowest BCUT2D eigenvalue weighted by atomic mass is 10.3. The van der Waals surface area contributed by atoms with Gasteiger partial charge in [-0.3, -0.25) is 0 Å². The van der Waals surface area contributed by atoms with Crippen LogP contribution in [0.4, 0.5) is 4.39 Å². The van der Waals surface area contributed by atoms with E-state index in [9.17, 15) is 4.39 Å². The first-order chi connectivity index (χ1) is 6.34. The normalized spacial score (nSPS) is 9.92. The molecule has 0 aliphatic heterocycles. The Balaban J connectivity index is 2.15. The van der Waals surface area contributed by atoms with Gasteiger partial charge in [-0.25, -0.2) is 4.39 Å². The molecule has 0 spiro atoms. The summed E-state index contributed by atoms with van der Waals surface area (Å²) < 4.78 is 17.7. The van der Waals surface area contributed by atoms with E-state index in [2.05, 4.69) is 10.2 Å². The third-order valence-corrected chi connectivity index (χ3v) is 1.93. The molecule has 0 fully saturated rings. The Morgan fingerprint density at radius 3 is 2.62 bits per heavy atom. The number of rotatable bonds is 2. The number of hydrogen-bond donors (Lipinski definition) is 0. The fourth-order valence-electron chi connectivity index (χ4n) is 0.811. The highest BCUT2D eigenvalue weighted by molar-refractivity contribution is 7.11. The van der Waals surface area contributed by atoms with Crippen molar-refractivity contribution in [1.29, 1.82) is 0 Å². The molecule has 1 aromatic heterocycles. The molecular weight excluding hydrogens is 191 g/mol. The smallest absolute Gasteiger partial charge is 0.299 e. The SMILES string of the molecule is Fc1ccc(Oc2nncs2)cc1. The van der Waals surface area contributed by atoms with Crippen LogP contribution in [-0.2, 0) is 0 Å². The molecule has 0 saturated heterocycles. The summed E-state index contributed by atoms with van der Waals surface area (Å²) in [6, 6.07) is 5.74. The van der Waals surface area contributed by atoms with Crippen molar-refractivity contribution < 1.29 is 9.13 Å². The van der Waals surface area contributed by atoms with Crippen molar-refractivity contribution in [3.8, 4) is 10.9 Å². The molecule has 1 aromatic carbocycles. The minimum absolute atomic E-state index is 0.287. The lowest BCUT2D eigenvalue weighted by molar-refractivity contribution is 0.471. The molecule has 0 radical (unpaired) electrons.